The quantitative estimate of drug-likeness (QED) is 0.832. The Bertz CT molecular complexity index is 523. The summed E-state index contributed by atoms with van der Waals surface area (Å²) in [5.41, 5.74) is 7.58. The van der Waals surface area contributed by atoms with Crippen LogP contribution in [0.1, 0.15) is 5.56 Å². The van der Waals surface area contributed by atoms with E-state index in [1.807, 2.05) is 24.0 Å². The highest BCUT2D eigenvalue weighted by atomic mass is 16.5. The molecule has 6 heteroatoms. The minimum absolute atomic E-state index is 0.543. The van der Waals surface area contributed by atoms with Crippen molar-refractivity contribution in [1.82, 2.24) is 14.8 Å². The van der Waals surface area contributed by atoms with Crippen LogP contribution in [0.5, 0.6) is 5.88 Å². The number of pyridine rings is 1. The smallest absolute Gasteiger partial charge is 0.215 e. The normalized spacial score (nSPS) is 10.3. The molecule has 2 heterocycles. The van der Waals surface area contributed by atoms with Gasteiger partial charge in [0, 0.05) is 18.8 Å². The van der Waals surface area contributed by atoms with Crippen molar-refractivity contribution in [2.75, 3.05) is 24.7 Å². The zero-order chi connectivity index (χ0) is 13.0. The molecule has 0 spiro atoms. The third kappa shape index (κ3) is 2.91. The number of aryl methyl sites for hydroxylation is 1. The van der Waals surface area contributed by atoms with Gasteiger partial charge in [-0.2, -0.15) is 10.1 Å². The zero-order valence-electron chi connectivity index (χ0n) is 10.6. The molecule has 6 nitrogen and oxygen atoms in total. The molecule has 2 rings (SSSR count). The summed E-state index contributed by atoms with van der Waals surface area (Å²) in [6.07, 6.45) is 3.82. The molecule has 0 aromatic carbocycles. The molecule has 0 fully saturated rings. The van der Waals surface area contributed by atoms with E-state index in [1.165, 1.54) is 0 Å². The zero-order valence-corrected chi connectivity index (χ0v) is 10.6. The van der Waals surface area contributed by atoms with Crippen LogP contribution in [0.25, 0.3) is 0 Å². The first kappa shape index (κ1) is 12.2. The molecular formula is C12H17N5O. The summed E-state index contributed by atoms with van der Waals surface area (Å²) < 4.78 is 6.93. The number of nitrogens with zero attached hydrogens (tertiary/aromatic N) is 3. The molecule has 3 N–H and O–H groups in total. The number of hydrogen-bond donors (Lipinski definition) is 2. The number of nitrogens with one attached hydrogen (secondary N) is 1. The second-order valence-corrected chi connectivity index (χ2v) is 4.00. The largest absolute Gasteiger partial charge is 0.481 e. The monoisotopic (exact) mass is 247 g/mol. The number of ether oxygens (including phenoxy) is 1. The van der Waals surface area contributed by atoms with E-state index in [1.54, 1.807) is 19.2 Å². The summed E-state index contributed by atoms with van der Waals surface area (Å²) in [6.45, 7) is 3.47. The van der Waals surface area contributed by atoms with Crippen molar-refractivity contribution < 1.29 is 4.74 Å². The molecule has 0 saturated carbocycles. The van der Waals surface area contributed by atoms with E-state index in [9.17, 15) is 0 Å². The van der Waals surface area contributed by atoms with Gasteiger partial charge in [0.25, 0.3) is 0 Å². The van der Waals surface area contributed by atoms with Crippen LogP contribution in [-0.4, -0.2) is 28.4 Å². The maximum absolute atomic E-state index is 5.82. The predicted octanol–water partition coefficient (Wildman–Crippen LogP) is 1.29. The summed E-state index contributed by atoms with van der Waals surface area (Å²) in [5, 5.41) is 7.37. The SMILES string of the molecule is COc1ccc(N)c(NCCn2cc(C)cn2)n1. The highest BCUT2D eigenvalue weighted by Crippen LogP contribution is 2.19. The Morgan fingerprint density at radius 1 is 1.44 bits per heavy atom. The lowest BCUT2D eigenvalue weighted by molar-refractivity contribution is 0.398. The van der Waals surface area contributed by atoms with Gasteiger partial charge in [0.1, 0.15) is 0 Å². The summed E-state index contributed by atoms with van der Waals surface area (Å²) in [4.78, 5) is 4.24. The topological polar surface area (TPSA) is 78.0 Å². The van der Waals surface area contributed by atoms with Crippen LogP contribution >= 0.6 is 0 Å². The van der Waals surface area contributed by atoms with Crippen molar-refractivity contribution in [3.05, 3.63) is 30.1 Å². The number of rotatable bonds is 5. The van der Waals surface area contributed by atoms with Crippen molar-refractivity contribution in [3.8, 4) is 5.88 Å². The van der Waals surface area contributed by atoms with Gasteiger partial charge in [-0.15, -0.1) is 0 Å². The molecule has 0 aliphatic rings. The molecule has 18 heavy (non-hydrogen) atoms. The van der Waals surface area contributed by atoms with Gasteiger partial charge in [0.2, 0.25) is 5.88 Å². The maximum atomic E-state index is 5.82. The summed E-state index contributed by atoms with van der Waals surface area (Å²) >= 11 is 0. The minimum Gasteiger partial charge on any atom is -0.481 e. The first-order valence-electron chi connectivity index (χ1n) is 5.72. The van der Waals surface area contributed by atoms with E-state index >= 15 is 0 Å². The number of anilines is 2. The third-order valence-electron chi connectivity index (χ3n) is 2.51. The Hall–Kier alpha value is -2.24. The first-order valence-corrected chi connectivity index (χ1v) is 5.72. The van der Waals surface area contributed by atoms with Crippen molar-refractivity contribution in [1.29, 1.82) is 0 Å². The summed E-state index contributed by atoms with van der Waals surface area (Å²) in [6, 6.07) is 3.50. The van der Waals surface area contributed by atoms with E-state index in [0.717, 1.165) is 12.1 Å². The van der Waals surface area contributed by atoms with Gasteiger partial charge in [-0.25, -0.2) is 0 Å². The lowest BCUT2D eigenvalue weighted by Crippen LogP contribution is -2.13. The summed E-state index contributed by atoms with van der Waals surface area (Å²) in [7, 11) is 1.58. The van der Waals surface area contributed by atoms with Gasteiger partial charge in [0.05, 0.1) is 25.5 Å². The molecule has 0 bridgehead atoms. The van der Waals surface area contributed by atoms with Crippen molar-refractivity contribution in [2.24, 2.45) is 0 Å². The van der Waals surface area contributed by atoms with Gasteiger partial charge >= 0.3 is 0 Å². The van der Waals surface area contributed by atoms with Gasteiger partial charge in [-0.3, -0.25) is 4.68 Å². The molecule has 0 aliphatic carbocycles. The molecule has 0 amide bonds. The average Bonchev–Trinajstić information content (AvgIpc) is 2.77. The molecule has 0 radical (unpaired) electrons. The van der Waals surface area contributed by atoms with E-state index in [-0.39, 0.29) is 0 Å². The van der Waals surface area contributed by atoms with Gasteiger partial charge in [0.15, 0.2) is 5.82 Å². The van der Waals surface area contributed by atoms with Gasteiger partial charge in [-0.05, 0) is 18.6 Å². The number of nitrogens with two attached hydrogens (primary N) is 1. The predicted molar refractivity (Wildman–Crippen MR) is 70.7 cm³/mol. The van der Waals surface area contributed by atoms with Crippen molar-refractivity contribution >= 4 is 11.5 Å². The first-order chi connectivity index (χ1) is 8.69. The molecule has 2 aromatic heterocycles. The number of hydrogen-bond acceptors (Lipinski definition) is 5. The van der Waals surface area contributed by atoms with Crippen LogP contribution in [0.3, 0.4) is 0 Å². The van der Waals surface area contributed by atoms with Crippen molar-refractivity contribution in [2.45, 2.75) is 13.5 Å². The fourth-order valence-electron chi connectivity index (χ4n) is 1.59. The lowest BCUT2D eigenvalue weighted by Gasteiger charge is -2.09. The minimum atomic E-state index is 0.543. The van der Waals surface area contributed by atoms with Crippen LogP contribution in [0.15, 0.2) is 24.5 Å². The van der Waals surface area contributed by atoms with E-state index in [4.69, 9.17) is 10.5 Å². The number of methoxy groups -OCH3 is 1. The second-order valence-electron chi connectivity index (χ2n) is 4.00. The second kappa shape index (κ2) is 5.39. The Morgan fingerprint density at radius 3 is 2.94 bits per heavy atom. The fourth-order valence-corrected chi connectivity index (χ4v) is 1.59. The maximum Gasteiger partial charge on any atom is 0.215 e. The Labute approximate surface area is 106 Å². The van der Waals surface area contributed by atoms with E-state index in [0.29, 0.717) is 23.9 Å². The van der Waals surface area contributed by atoms with Crippen LogP contribution < -0.4 is 15.8 Å². The van der Waals surface area contributed by atoms with Crippen LogP contribution in [-0.2, 0) is 6.54 Å². The highest BCUT2D eigenvalue weighted by Gasteiger charge is 2.02. The number of nitrogen functional groups attached to an aromatic ring is 1. The Balaban J connectivity index is 1.93. The Kier molecular flexibility index (Phi) is 3.66. The Morgan fingerprint density at radius 2 is 2.28 bits per heavy atom. The lowest BCUT2D eigenvalue weighted by atomic mass is 10.4. The molecule has 0 saturated heterocycles. The van der Waals surface area contributed by atoms with Crippen molar-refractivity contribution in [3.63, 3.8) is 0 Å². The fraction of sp³-hybridized carbons (Fsp3) is 0.333. The van der Waals surface area contributed by atoms with Gasteiger partial charge < -0.3 is 15.8 Å². The molecule has 0 atom stereocenters. The highest BCUT2D eigenvalue weighted by molar-refractivity contribution is 5.61. The van der Waals surface area contributed by atoms with E-state index in [2.05, 4.69) is 15.4 Å². The molecule has 0 aliphatic heterocycles. The molecular weight excluding hydrogens is 230 g/mol. The molecule has 96 valence electrons. The van der Waals surface area contributed by atoms with Crippen LogP contribution in [0.4, 0.5) is 11.5 Å². The molecule has 2 aromatic rings. The van der Waals surface area contributed by atoms with E-state index < -0.39 is 0 Å². The third-order valence-corrected chi connectivity index (χ3v) is 2.51. The molecule has 0 unspecified atom stereocenters. The van der Waals surface area contributed by atoms with Gasteiger partial charge in [-0.1, -0.05) is 0 Å². The van der Waals surface area contributed by atoms with Crippen LogP contribution in [0, 0.1) is 6.92 Å². The average molecular weight is 247 g/mol. The standard InChI is InChI=1S/C12H17N5O/c1-9-7-15-17(8-9)6-5-14-12-10(13)3-4-11(16-12)18-2/h3-4,7-8H,5-6,13H2,1-2H3,(H,14,16). The number of aromatic nitrogens is 3. The van der Waals surface area contributed by atoms with Crippen LogP contribution in [0.2, 0.25) is 0 Å². The summed E-state index contributed by atoms with van der Waals surface area (Å²) in [5.74, 6) is 1.18.